The van der Waals surface area contributed by atoms with Crippen molar-refractivity contribution in [2.75, 3.05) is 6.54 Å². The quantitative estimate of drug-likeness (QED) is 0.590. The molecule has 2 N–H and O–H groups in total. The summed E-state index contributed by atoms with van der Waals surface area (Å²) in [5.74, 6) is 0.949. The van der Waals surface area contributed by atoms with Crippen LogP contribution in [0.25, 0.3) is 11.0 Å². The van der Waals surface area contributed by atoms with E-state index in [0.29, 0.717) is 25.8 Å². The summed E-state index contributed by atoms with van der Waals surface area (Å²) in [5, 5.41) is 12.3. The number of benzene rings is 2. The summed E-state index contributed by atoms with van der Waals surface area (Å²) in [5.41, 5.74) is 8.71. The van der Waals surface area contributed by atoms with E-state index in [0.717, 1.165) is 23.4 Å². The van der Waals surface area contributed by atoms with E-state index in [2.05, 4.69) is 49.7 Å². The number of aryl methyl sites for hydroxylation is 2. The molecule has 30 heavy (non-hydrogen) atoms. The van der Waals surface area contributed by atoms with Gasteiger partial charge in [-0.1, -0.05) is 18.2 Å². The van der Waals surface area contributed by atoms with Crippen LogP contribution in [0.1, 0.15) is 53.4 Å². The number of imidazole rings is 1. The van der Waals surface area contributed by atoms with Crippen LogP contribution in [-0.2, 0) is 17.8 Å². The molecule has 3 aromatic rings. The molecule has 0 unspecified atom stereocenters. The lowest BCUT2D eigenvalue weighted by atomic mass is 9.94. The van der Waals surface area contributed by atoms with Crippen molar-refractivity contribution in [3.63, 3.8) is 0 Å². The van der Waals surface area contributed by atoms with Gasteiger partial charge >= 0.3 is 0 Å². The van der Waals surface area contributed by atoms with Crippen LogP contribution in [0.2, 0.25) is 0 Å². The van der Waals surface area contributed by atoms with Crippen molar-refractivity contribution >= 4 is 16.9 Å². The number of nitrogens with zero attached hydrogens (tertiary/aromatic N) is 2. The topological polar surface area (TPSA) is 67.2 Å². The second-order valence-corrected chi connectivity index (χ2v) is 8.33. The highest BCUT2D eigenvalue weighted by molar-refractivity contribution is 5.77. The van der Waals surface area contributed by atoms with Gasteiger partial charge in [-0.05, 0) is 81.0 Å². The highest BCUT2D eigenvalue weighted by Crippen LogP contribution is 2.25. The average molecular weight is 408 g/mol. The first-order chi connectivity index (χ1) is 14.3. The van der Waals surface area contributed by atoms with Crippen LogP contribution >= 0.6 is 0 Å². The van der Waals surface area contributed by atoms with E-state index < -0.39 is 6.10 Å². The van der Waals surface area contributed by atoms with Crippen molar-refractivity contribution in [3.8, 4) is 0 Å². The first-order valence-electron chi connectivity index (χ1n) is 10.7. The predicted octanol–water partition coefficient (Wildman–Crippen LogP) is 4.14. The fourth-order valence-corrected chi connectivity index (χ4v) is 3.93. The molecular weight excluding hydrogens is 374 g/mol. The minimum Gasteiger partial charge on any atom is -0.393 e. The van der Waals surface area contributed by atoms with Crippen molar-refractivity contribution in [2.45, 2.75) is 66.5 Å². The smallest absolute Gasteiger partial charge is 0.220 e. The molecule has 0 aliphatic heterocycles. The molecular formula is C25H33N3O2. The fraction of sp³-hybridized carbons (Fsp3) is 0.440. The molecule has 0 fully saturated rings. The molecule has 2 aromatic carbocycles. The Balaban J connectivity index is 1.85. The number of nitrogens with one attached hydrogen (secondary N) is 1. The van der Waals surface area contributed by atoms with Crippen molar-refractivity contribution in [3.05, 3.63) is 64.0 Å². The van der Waals surface area contributed by atoms with Crippen molar-refractivity contribution in [1.29, 1.82) is 0 Å². The Bertz CT molecular complexity index is 1020. The van der Waals surface area contributed by atoms with Gasteiger partial charge in [0.2, 0.25) is 5.91 Å². The summed E-state index contributed by atoms with van der Waals surface area (Å²) < 4.78 is 2.28. The Kier molecular flexibility index (Phi) is 6.93. The van der Waals surface area contributed by atoms with Crippen LogP contribution in [0.15, 0.2) is 30.3 Å². The molecule has 0 aliphatic rings. The number of aliphatic hydroxyl groups excluding tert-OH is 1. The molecule has 0 radical (unpaired) electrons. The van der Waals surface area contributed by atoms with E-state index in [1.165, 1.54) is 27.8 Å². The standard InChI is InChI=1S/C25H33N3O2/c1-16-14-17(2)20(5)21(19(16)4)15-28-23-9-7-6-8-22(23)27-24(28)12-13-26-25(30)11-10-18(3)29/h6-9,14,18,29H,10-13,15H2,1-5H3,(H,26,30)/t18-/m1/s1. The molecule has 5 nitrogen and oxygen atoms in total. The van der Waals surface area contributed by atoms with E-state index in [4.69, 9.17) is 4.98 Å². The van der Waals surface area contributed by atoms with Crippen LogP contribution in [0, 0.1) is 27.7 Å². The molecule has 0 saturated carbocycles. The molecule has 0 bridgehead atoms. The van der Waals surface area contributed by atoms with Gasteiger partial charge in [0.1, 0.15) is 5.82 Å². The number of para-hydroxylation sites is 2. The maximum Gasteiger partial charge on any atom is 0.220 e. The van der Waals surface area contributed by atoms with Crippen LogP contribution in [0.4, 0.5) is 0 Å². The lowest BCUT2D eigenvalue weighted by molar-refractivity contribution is -0.121. The number of amides is 1. The number of aromatic nitrogens is 2. The molecule has 0 spiro atoms. The lowest BCUT2D eigenvalue weighted by Crippen LogP contribution is -2.27. The van der Waals surface area contributed by atoms with Gasteiger partial charge < -0.3 is 15.0 Å². The van der Waals surface area contributed by atoms with E-state index >= 15 is 0 Å². The molecule has 3 rings (SSSR count). The fourth-order valence-electron chi connectivity index (χ4n) is 3.93. The van der Waals surface area contributed by atoms with Crippen molar-refractivity contribution in [2.24, 2.45) is 0 Å². The Morgan fingerprint density at radius 1 is 1.13 bits per heavy atom. The highest BCUT2D eigenvalue weighted by Gasteiger charge is 2.15. The zero-order valence-corrected chi connectivity index (χ0v) is 18.7. The monoisotopic (exact) mass is 407 g/mol. The van der Waals surface area contributed by atoms with Gasteiger partial charge in [0.15, 0.2) is 0 Å². The number of hydrogen-bond donors (Lipinski definition) is 2. The number of aliphatic hydroxyl groups is 1. The van der Waals surface area contributed by atoms with Crippen molar-refractivity contribution in [1.82, 2.24) is 14.9 Å². The third-order valence-electron chi connectivity index (χ3n) is 6.03. The van der Waals surface area contributed by atoms with Crippen LogP contribution in [0.5, 0.6) is 0 Å². The SMILES string of the molecule is Cc1cc(C)c(C)c(Cn2c(CCNC(=O)CC[C@@H](C)O)nc3ccccc32)c1C. The number of carbonyl (C=O) groups excluding carboxylic acids is 1. The summed E-state index contributed by atoms with van der Waals surface area (Å²) in [6.45, 7) is 11.7. The molecule has 1 aromatic heterocycles. The second kappa shape index (κ2) is 9.43. The highest BCUT2D eigenvalue weighted by atomic mass is 16.3. The van der Waals surface area contributed by atoms with Crippen molar-refractivity contribution < 1.29 is 9.90 Å². The second-order valence-electron chi connectivity index (χ2n) is 8.33. The maximum absolute atomic E-state index is 12.0. The number of fused-ring (bicyclic) bond motifs is 1. The zero-order valence-electron chi connectivity index (χ0n) is 18.7. The average Bonchev–Trinajstić information content (AvgIpc) is 3.05. The Hall–Kier alpha value is -2.66. The van der Waals surface area contributed by atoms with Gasteiger partial charge in [0.25, 0.3) is 0 Å². The molecule has 0 aliphatic carbocycles. The van der Waals surface area contributed by atoms with E-state index in [-0.39, 0.29) is 5.91 Å². The molecule has 5 heteroatoms. The molecule has 1 amide bonds. The largest absolute Gasteiger partial charge is 0.393 e. The third kappa shape index (κ3) is 4.90. The molecule has 1 heterocycles. The van der Waals surface area contributed by atoms with Gasteiger partial charge in [-0.15, -0.1) is 0 Å². The summed E-state index contributed by atoms with van der Waals surface area (Å²) in [6.07, 6.45) is 1.03. The van der Waals surface area contributed by atoms with Gasteiger partial charge in [-0.2, -0.15) is 0 Å². The van der Waals surface area contributed by atoms with Crippen LogP contribution < -0.4 is 5.32 Å². The minimum absolute atomic E-state index is 0.0282. The van der Waals surface area contributed by atoms with Gasteiger partial charge in [-0.25, -0.2) is 4.98 Å². The first-order valence-corrected chi connectivity index (χ1v) is 10.7. The lowest BCUT2D eigenvalue weighted by Gasteiger charge is -2.18. The van der Waals surface area contributed by atoms with Gasteiger partial charge in [0, 0.05) is 25.9 Å². The molecule has 1 atom stereocenters. The summed E-state index contributed by atoms with van der Waals surface area (Å²) in [4.78, 5) is 16.9. The van der Waals surface area contributed by atoms with E-state index in [1.807, 2.05) is 18.2 Å². The summed E-state index contributed by atoms with van der Waals surface area (Å²) in [6, 6.07) is 10.5. The Morgan fingerprint density at radius 2 is 1.80 bits per heavy atom. The van der Waals surface area contributed by atoms with Gasteiger partial charge in [-0.3, -0.25) is 4.79 Å². The van der Waals surface area contributed by atoms with Crippen LogP contribution in [-0.4, -0.2) is 33.2 Å². The predicted molar refractivity (Wildman–Crippen MR) is 122 cm³/mol. The summed E-state index contributed by atoms with van der Waals surface area (Å²) in [7, 11) is 0. The van der Waals surface area contributed by atoms with E-state index in [1.54, 1.807) is 6.92 Å². The summed E-state index contributed by atoms with van der Waals surface area (Å²) >= 11 is 0. The number of hydrogen-bond acceptors (Lipinski definition) is 3. The zero-order chi connectivity index (χ0) is 21.8. The number of rotatable bonds is 8. The minimum atomic E-state index is -0.454. The molecule has 0 saturated heterocycles. The van der Waals surface area contributed by atoms with Gasteiger partial charge in [0.05, 0.1) is 17.1 Å². The van der Waals surface area contributed by atoms with Crippen LogP contribution in [0.3, 0.4) is 0 Å². The number of carbonyl (C=O) groups is 1. The Labute approximate surface area is 179 Å². The molecule has 160 valence electrons. The normalized spacial score (nSPS) is 12.3. The third-order valence-corrected chi connectivity index (χ3v) is 6.03. The maximum atomic E-state index is 12.0. The Morgan fingerprint density at radius 3 is 2.47 bits per heavy atom. The first kappa shape index (κ1) is 22.0. The van der Waals surface area contributed by atoms with E-state index in [9.17, 15) is 9.90 Å².